The highest BCUT2D eigenvalue weighted by atomic mass is 15.0. The number of hydrogen-bond acceptors (Lipinski definition) is 2. The zero-order chi connectivity index (χ0) is 10.9. The minimum Gasteiger partial charge on any atom is -0.337 e. The summed E-state index contributed by atoms with van der Waals surface area (Å²) in [5.74, 6) is 0. The van der Waals surface area contributed by atoms with Gasteiger partial charge in [-0.05, 0) is 13.0 Å². The van der Waals surface area contributed by atoms with Crippen LogP contribution in [0.4, 0.5) is 0 Å². The smallest absolute Gasteiger partial charge is 0.0949 e. The van der Waals surface area contributed by atoms with E-state index in [-0.39, 0.29) is 0 Å². The second kappa shape index (κ2) is 7.46. The summed E-state index contributed by atoms with van der Waals surface area (Å²) < 4.78 is 2.18. The minimum atomic E-state index is 0.688. The summed E-state index contributed by atoms with van der Waals surface area (Å²) in [6.07, 6.45) is 11.6. The first kappa shape index (κ1) is 12.2. The van der Waals surface area contributed by atoms with Crippen LogP contribution in [0.25, 0.3) is 0 Å². The minimum absolute atomic E-state index is 0.688. The van der Waals surface area contributed by atoms with Crippen LogP contribution in [0, 0.1) is 0 Å². The van der Waals surface area contributed by atoms with Gasteiger partial charge in [-0.25, -0.2) is 4.98 Å². The van der Waals surface area contributed by atoms with Crippen molar-refractivity contribution < 1.29 is 0 Å². The first-order chi connectivity index (χ1) is 7.36. The predicted octanol–water partition coefficient (Wildman–Crippen LogP) is 2.35. The molecule has 86 valence electrons. The van der Waals surface area contributed by atoms with Gasteiger partial charge in [-0.1, -0.05) is 32.6 Å². The second-order valence-corrected chi connectivity index (χ2v) is 4.06. The Morgan fingerprint density at radius 3 is 2.80 bits per heavy atom. The van der Waals surface area contributed by atoms with Crippen molar-refractivity contribution in [2.45, 2.75) is 52.0 Å². The van der Waals surface area contributed by atoms with Crippen molar-refractivity contribution in [1.82, 2.24) is 9.55 Å². The highest BCUT2D eigenvalue weighted by Crippen LogP contribution is 2.05. The fraction of sp³-hybridized carbons (Fsp3) is 0.750. The third kappa shape index (κ3) is 4.98. The monoisotopic (exact) mass is 209 g/mol. The molecule has 0 unspecified atom stereocenters. The van der Waals surface area contributed by atoms with Crippen molar-refractivity contribution in [2.24, 2.45) is 5.73 Å². The van der Waals surface area contributed by atoms with E-state index in [4.69, 9.17) is 5.73 Å². The van der Waals surface area contributed by atoms with E-state index >= 15 is 0 Å². The van der Waals surface area contributed by atoms with E-state index in [0.717, 1.165) is 18.7 Å². The molecule has 0 saturated carbocycles. The maximum atomic E-state index is 5.48. The summed E-state index contributed by atoms with van der Waals surface area (Å²) in [6, 6.07) is 0. The zero-order valence-electron chi connectivity index (χ0n) is 9.78. The molecule has 0 radical (unpaired) electrons. The highest BCUT2D eigenvalue weighted by Gasteiger charge is 1.97. The van der Waals surface area contributed by atoms with Crippen molar-refractivity contribution in [3.8, 4) is 0 Å². The van der Waals surface area contributed by atoms with E-state index in [9.17, 15) is 0 Å². The number of aryl methyl sites for hydroxylation is 1. The lowest BCUT2D eigenvalue weighted by Crippen LogP contribution is -2.02. The van der Waals surface area contributed by atoms with E-state index in [2.05, 4.69) is 22.7 Å². The van der Waals surface area contributed by atoms with Crippen LogP contribution >= 0.6 is 0 Å². The Bertz CT molecular complexity index is 255. The van der Waals surface area contributed by atoms with Crippen LogP contribution in [0.3, 0.4) is 0 Å². The van der Waals surface area contributed by atoms with Gasteiger partial charge in [0.1, 0.15) is 0 Å². The molecule has 0 fully saturated rings. The third-order valence-electron chi connectivity index (χ3n) is 2.61. The van der Waals surface area contributed by atoms with Gasteiger partial charge in [-0.2, -0.15) is 0 Å². The molecule has 0 aliphatic carbocycles. The SMILES string of the molecule is CCCCCCCn1cnc(CCN)c1. The molecule has 0 aromatic carbocycles. The zero-order valence-corrected chi connectivity index (χ0v) is 9.78. The summed E-state index contributed by atoms with van der Waals surface area (Å²) in [4.78, 5) is 4.30. The normalized spacial score (nSPS) is 10.8. The first-order valence-electron chi connectivity index (χ1n) is 6.07. The predicted molar refractivity (Wildman–Crippen MR) is 63.7 cm³/mol. The molecule has 0 atom stereocenters. The molecule has 3 nitrogen and oxygen atoms in total. The quantitative estimate of drug-likeness (QED) is 0.668. The molecule has 3 heteroatoms. The summed E-state index contributed by atoms with van der Waals surface area (Å²) in [7, 11) is 0. The van der Waals surface area contributed by atoms with E-state index in [1.54, 1.807) is 0 Å². The van der Waals surface area contributed by atoms with Crippen molar-refractivity contribution in [2.75, 3.05) is 6.54 Å². The van der Waals surface area contributed by atoms with Crippen molar-refractivity contribution in [3.05, 3.63) is 18.2 Å². The molecule has 1 aromatic rings. The molecule has 0 aliphatic rings. The highest BCUT2D eigenvalue weighted by molar-refractivity contribution is 4.96. The van der Waals surface area contributed by atoms with Gasteiger partial charge >= 0.3 is 0 Å². The van der Waals surface area contributed by atoms with Gasteiger partial charge in [0.15, 0.2) is 0 Å². The first-order valence-corrected chi connectivity index (χ1v) is 6.07. The number of nitrogens with zero attached hydrogens (tertiary/aromatic N) is 2. The van der Waals surface area contributed by atoms with E-state index in [1.165, 1.54) is 32.1 Å². The summed E-state index contributed by atoms with van der Waals surface area (Å²) >= 11 is 0. The van der Waals surface area contributed by atoms with Crippen LogP contribution < -0.4 is 5.73 Å². The average molecular weight is 209 g/mol. The molecule has 0 amide bonds. The molecule has 0 saturated heterocycles. The largest absolute Gasteiger partial charge is 0.337 e. The Balaban J connectivity index is 2.14. The Kier molecular flexibility index (Phi) is 6.09. The topological polar surface area (TPSA) is 43.8 Å². The van der Waals surface area contributed by atoms with Gasteiger partial charge in [-0.15, -0.1) is 0 Å². The van der Waals surface area contributed by atoms with Gasteiger partial charge < -0.3 is 10.3 Å². The third-order valence-corrected chi connectivity index (χ3v) is 2.61. The Labute approximate surface area is 92.7 Å². The van der Waals surface area contributed by atoms with E-state index in [0.29, 0.717) is 6.54 Å². The molecular formula is C12H23N3. The molecule has 0 spiro atoms. The second-order valence-electron chi connectivity index (χ2n) is 4.06. The van der Waals surface area contributed by atoms with Crippen LogP contribution in [-0.4, -0.2) is 16.1 Å². The summed E-state index contributed by atoms with van der Waals surface area (Å²) in [6.45, 7) is 4.03. The molecule has 15 heavy (non-hydrogen) atoms. The molecule has 0 aliphatic heterocycles. The van der Waals surface area contributed by atoms with Crippen molar-refractivity contribution in [3.63, 3.8) is 0 Å². The van der Waals surface area contributed by atoms with Gasteiger partial charge in [0.05, 0.1) is 12.0 Å². The number of nitrogens with two attached hydrogens (primary N) is 1. The van der Waals surface area contributed by atoms with Crippen LogP contribution in [0.2, 0.25) is 0 Å². The maximum absolute atomic E-state index is 5.48. The maximum Gasteiger partial charge on any atom is 0.0949 e. The Hall–Kier alpha value is -0.830. The number of rotatable bonds is 8. The lowest BCUT2D eigenvalue weighted by atomic mass is 10.1. The molecule has 1 heterocycles. The van der Waals surface area contributed by atoms with Gasteiger partial charge in [-0.3, -0.25) is 0 Å². The number of unbranched alkanes of at least 4 members (excludes halogenated alkanes) is 4. The molecule has 2 N–H and O–H groups in total. The number of imidazole rings is 1. The summed E-state index contributed by atoms with van der Waals surface area (Å²) in [5.41, 5.74) is 6.59. The molecule has 0 bridgehead atoms. The number of hydrogen-bond donors (Lipinski definition) is 1. The van der Waals surface area contributed by atoms with Gasteiger partial charge in [0.2, 0.25) is 0 Å². The lowest BCUT2D eigenvalue weighted by Gasteiger charge is -2.01. The van der Waals surface area contributed by atoms with E-state index in [1.807, 2.05) is 6.33 Å². The van der Waals surface area contributed by atoms with Crippen LogP contribution in [0.15, 0.2) is 12.5 Å². The standard InChI is InChI=1S/C12H23N3/c1-2-3-4-5-6-9-15-10-12(7-8-13)14-11-15/h10-11H,2-9,13H2,1H3. The summed E-state index contributed by atoms with van der Waals surface area (Å²) in [5, 5.41) is 0. The van der Waals surface area contributed by atoms with Crippen LogP contribution in [-0.2, 0) is 13.0 Å². The lowest BCUT2D eigenvalue weighted by molar-refractivity contribution is 0.568. The van der Waals surface area contributed by atoms with Gasteiger partial charge in [0.25, 0.3) is 0 Å². The van der Waals surface area contributed by atoms with Crippen LogP contribution in [0.1, 0.15) is 44.7 Å². The van der Waals surface area contributed by atoms with Crippen molar-refractivity contribution in [1.29, 1.82) is 0 Å². The Morgan fingerprint density at radius 2 is 2.07 bits per heavy atom. The van der Waals surface area contributed by atoms with E-state index < -0.39 is 0 Å². The fourth-order valence-corrected chi connectivity index (χ4v) is 1.70. The van der Waals surface area contributed by atoms with Crippen LogP contribution in [0.5, 0.6) is 0 Å². The fourth-order valence-electron chi connectivity index (χ4n) is 1.70. The molecular weight excluding hydrogens is 186 g/mol. The van der Waals surface area contributed by atoms with Gasteiger partial charge in [0, 0.05) is 19.2 Å². The van der Waals surface area contributed by atoms with Crippen molar-refractivity contribution >= 4 is 0 Å². The average Bonchev–Trinajstić information content (AvgIpc) is 2.66. The molecule has 1 rings (SSSR count). The number of aromatic nitrogens is 2. The Morgan fingerprint density at radius 1 is 1.27 bits per heavy atom. The molecule has 1 aromatic heterocycles.